The van der Waals surface area contributed by atoms with Crippen molar-refractivity contribution in [2.45, 2.75) is 33.1 Å². The van der Waals surface area contributed by atoms with Crippen molar-refractivity contribution in [1.29, 1.82) is 0 Å². The summed E-state index contributed by atoms with van der Waals surface area (Å²) in [6.07, 6.45) is 6.50. The van der Waals surface area contributed by atoms with Gasteiger partial charge < -0.3 is 4.90 Å². The summed E-state index contributed by atoms with van der Waals surface area (Å²) in [7, 11) is 4.42. The normalized spacial score (nSPS) is 14.2. The maximum absolute atomic E-state index is 2.34. The molecular weight excluding hydrogens is 249 g/mol. The molecule has 0 aliphatic heterocycles. The number of hydrogen-bond acceptors (Lipinski definition) is 1. The number of benzene rings is 1. The Morgan fingerprint density at radius 3 is 2.26 bits per heavy atom. The van der Waals surface area contributed by atoms with Crippen molar-refractivity contribution < 1.29 is 0 Å². The fourth-order valence-corrected chi connectivity index (χ4v) is 5.88. The molecular formula is C17H26NP. The summed E-state index contributed by atoms with van der Waals surface area (Å²) in [6, 6.07) is 9.01. The summed E-state index contributed by atoms with van der Waals surface area (Å²) < 4.78 is 0. The van der Waals surface area contributed by atoms with Gasteiger partial charge in [0.2, 0.25) is 0 Å². The van der Waals surface area contributed by atoms with Crippen molar-refractivity contribution in [2.24, 2.45) is 0 Å². The molecule has 1 aromatic carbocycles. The molecule has 0 saturated carbocycles. The van der Waals surface area contributed by atoms with Crippen LogP contribution >= 0.6 is 7.92 Å². The molecule has 0 spiro atoms. The summed E-state index contributed by atoms with van der Waals surface area (Å²) >= 11 is 0. The lowest BCUT2D eigenvalue weighted by atomic mass is 10.1. The summed E-state index contributed by atoms with van der Waals surface area (Å²) in [5, 5.41) is 1.69. The van der Waals surface area contributed by atoms with E-state index < -0.39 is 0 Å². The zero-order valence-corrected chi connectivity index (χ0v) is 13.6. The molecule has 0 unspecified atom stereocenters. The third kappa shape index (κ3) is 3.03. The summed E-state index contributed by atoms with van der Waals surface area (Å²) in [4.78, 5) is 2.34. The number of likely N-dealkylation sites (N-methyl/N-ethyl adjacent to an activating group) is 1. The van der Waals surface area contributed by atoms with Gasteiger partial charge in [0.15, 0.2) is 0 Å². The van der Waals surface area contributed by atoms with Crippen LogP contribution in [0.2, 0.25) is 0 Å². The highest BCUT2D eigenvalue weighted by atomic mass is 31.1. The van der Waals surface area contributed by atoms with Gasteiger partial charge in [-0.2, -0.15) is 0 Å². The van der Waals surface area contributed by atoms with Crippen molar-refractivity contribution in [3.05, 3.63) is 41.1 Å². The molecule has 2 heteroatoms. The molecule has 1 nitrogen and oxygen atoms in total. The largest absolute Gasteiger partial charge is 0.380 e. The van der Waals surface area contributed by atoms with Gasteiger partial charge in [-0.1, -0.05) is 58.9 Å². The van der Waals surface area contributed by atoms with Gasteiger partial charge in [-0.15, -0.1) is 0 Å². The van der Waals surface area contributed by atoms with E-state index in [1.807, 2.05) is 0 Å². The lowest BCUT2D eigenvalue weighted by Crippen LogP contribution is -2.12. The molecule has 0 bridgehead atoms. The highest BCUT2D eigenvalue weighted by Gasteiger charge is 2.27. The van der Waals surface area contributed by atoms with Crippen LogP contribution in [0.25, 0.3) is 5.31 Å². The van der Waals surface area contributed by atoms with Crippen LogP contribution in [0.1, 0.15) is 37.8 Å². The number of allylic oxidation sites excluding steroid dienone is 1. The average Bonchev–Trinajstić information content (AvgIpc) is 2.78. The Hall–Kier alpha value is -0.810. The Morgan fingerprint density at radius 1 is 1.05 bits per heavy atom. The first kappa shape index (κ1) is 14.6. The lowest BCUT2D eigenvalue weighted by Gasteiger charge is -2.24. The fourth-order valence-electron chi connectivity index (χ4n) is 2.92. The van der Waals surface area contributed by atoms with Gasteiger partial charge >= 0.3 is 0 Å². The van der Waals surface area contributed by atoms with Gasteiger partial charge in [-0.05, 0) is 23.5 Å². The molecule has 0 saturated heterocycles. The lowest BCUT2D eigenvalue weighted by molar-refractivity contribution is 0.506. The highest BCUT2D eigenvalue weighted by Crippen LogP contribution is 2.56. The van der Waals surface area contributed by atoms with E-state index in [1.165, 1.54) is 30.7 Å². The zero-order chi connectivity index (χ0) is 13.8. The molecule has 19 heavy (non-hydrogen) atoms. The van der Waals surface area contributed by atoms with E-state index in [2.05, 4.69) is 57.1 Å². The molecule has 1 aromatic rings. The first-order valence-electron chi connectivity index (χ1n) is 7.42. The van der Waals surface area contributed by atoms with Crippen molar-refractivity contribution in [2.75, 3.05) is 26.4 Å². The van der Waals surface area contributed by atoms with Crippen molar-refractivity contribution in [3.63, 3.8) is 0 Å². The SMILES string of the molecule is CCCP(CCC)C1=C(N(C)C)Cc2ccccc21. The number of hydrogen-bond donors (Lipinski definition) is 0. The molecule has 0 radical (unpaired) electrons. The molecule has 0 heterocycles. The molecule has 1 aliphatic rings. The summed E-state index contributed by atoms with van der Waals surface area (Å²) in [5.41, 5.74) is 4.63. The monoisotopic (exact) mass is 275 g/mol. The Bertz CT molecular complexity index is 456. The first-order valence-corrected chi connectivity index (χ1v) is 9.13. The topological polar surface area (TPSA) is 3.24 Å². The van der Waals surface area contributed by atoms with E-state index in [-0.39, 0.29) is 7.92 Å². The Kier molecular flexibility index (Phi) is 5.05. The smallest absolute Gasteiger partial charge is 0.0256 e. The van der Waals surface area contributed by atoms with E-state index in [0.717, 1.165) is 6.42 Å². The van der Waals surface area contributed by atoms with E-state index in [9.17, 15) is 0 Å². The van der Waals surface area contributed by atoms with Crippen LogP contribution in [0.15, 0.2) is 30.0 Å². The first-order chi connectivity index (χ1) is 9.19. The molecule has 0 amide bonds. The predicted octanol–water partition coefficient (Wildman–Crippen LogP) is 4.77. The molecule has 1 aliphatic carbocycles. The fraction of sp³-hybridized carbons (Fsp3) is 0.529. The van der Waals surface area contributed by atoms with Gasteiger partial charge in [0.05, 0.1) is 0 Å². The minimum atomic E-state index is 0.0176. The van der Waals surface area contributed by atoms with Crippen molar-refractivity contribution >= 4 is 13.2 Å². The molecule has 104 valence electrons. The second kappa shape index (κ2) is 6.57. The minimum Gasteiger partial charge on any atom is -0.380 e. The van der Waals surface area contributed by atoms with Crippen molar-refractivity contribution in [3.8, 4) is 0 Å². The quantitative estimate of drug-likeness (QED) is 0.676. The van der Waals surface area contributed by atoms with Gasteiger partial charge in [-0.25, -0.2) is 0 Å². The molecule has 2 rings (SSSR count). The van der Waals surface area contributed by atoms with Crippen LogP contribution in [0, 0.1) is 0 Å². The molecule has 0 aromatic heterocycles. The van der Waals surface area contributed by atoms with E-state index >= 15 is 0 Å². The molecule has 0 N–H and O–H groups in total. The molecule has 0 fully saturated rings. The average molecular weight is 275 g/mol. The van der Waals surface area contributed by atoms with Gasteiger partial charge in [0, 0.05) is 31.5 Å². The Morgan fingerprint density at radius 2 is 1.68 bits per heavy atom. The Balaban J connectivity index is 2.43. The van der Waals surface area contributed by atoms with Gasteiger partial charge in [0.1, 0.15) is 0 Å². The maximum Gasteiger partial charge on any atom is 0.0256 e. The number of nitrogens with zero attached hydrogens (tertiary/aromatic N) is 1. The zero-order valence-electron chi connectivity index (χ0n) is 12.7. The number of fused-ring (bicyclic) bond motifs is 1. The second-order valence-electron chi connectivity index (χ2n) is 5.51. The summed E-state index contributed by atoms with van der Waals surface area (Å²) in [5.74, 6) is 0. The van der Waals surface area contributed by atoms with Gasteiger partial charge in [-0.3, -0.25) is 0 Å². The van der Waals surface area contributed by atoms with Crippen LogP contribution in [0.4, 0.5) is 0 Å². The predicted molar refractivity (Wildman–Crippen MR) is 88.0 cm³/mol. The van der Waals surface area contributed by atoms with E-state index in [1.54, 1.807) is 16.6 Å². The maximum atomic E-state index is 2.34. The molecule has 0 atom stereocenters. The summed E-state index contributed by atoms with van der Waals surface area (Å²) in [6.45, 7) is 4.64. The van der Waals surface area contributed by atoms with Gasteiger partial charge in [0.25, 0.3) is 0 Å². The number of rotatable bonds is 6. The minimum absolute atomic E-state index is 0.0176. The van der Waals surface area contributed by atoms with Crippen LogP contribution < -0.4 is 0 Å². The van der Waals surface area contributed by atoms with Crippen LogP contribution in [0.5, 0.6) is 0 Å². The highest BCUT2D eigenvalue weighted by molar-refractivity contribution is 7.68. The van der Waals surface area contributed by atoms with Crippen molar-refractivity contribution in [1.82, 2.24) is 4.90 Å². The Labute approximate surface area is 119 Å². The van der Waals surface area contributed by atoms with Crippen LogP contribution in [-0.4, -0.2) is 31.3 Å². The van der Waals surface area contributed by atoms with E-state index in [0.29, 0.717) is 0 Å². The standard InChI is InChI=1S/C17H26NP/c1-5-11-19(12-6-2)17-15-10-8-7-9-14(15)13-16(17)18(3)4/h7-10H,5-6,11-13H2,1-4H3. The second-order valence-corrected chi connectivity index (χ2v) is 7.93. The van der Waals surface area contributed by atoms with Crippen LogP contribution in [-0.2, 0) is 6.42 Å². The third-order valence-electron chi connectivity index (χ3n) is 3.75. The third-order valence-corrected chi connectivity index (χ3v) is 6.85. The van der Waals surface area contributed by atoms with E-state index in [4.69, 9.17) is 0 Å². The van der Waals surface area contributed by atoms with Crippen LogP contribution in [0.3, 0.4) is 0 Å².